The van der Waals surface area contributed by atoms with E-state index in [1.54, 1.807) is 10.6 Å². The van der Waals surface area contributed by atoms with Crippen molar-refractivity contribution in [2.45, 2.75) is 13.0 Å². The van der Waals surface area contributed by atoms with Crippen LogP contribution in [0.4, 0.5) is 0 Å². The Morgan fingerprint density at radius 3 is 3.00 bits per heavy atom. The minimum Gasteiger partial charge on any atom is -0.330 e. The van der Waals surface area contributed by atoms with Gasteiger partial charge in [-0.2, -0.15) is 0 Å². The Morgan fingerprint density at radius 2 is 2.24 bits per heavy atom. The van der Waals surface area contributed by atoms with Gasteiger partial charge in [-0.25, -0.2) is 4.79 Å². The predicted octanol–water partition coefficient (Wildman–Crippen LogP) is -0.179. The molecule has 2 heterocycles. The van der Waals surface area contributed by atoms with E-state index < -0.39 is 0 Å². The normalized spacial score (nSPS) is 18.5. The minimum absolute atomic E-state index is 0.261. The Hall–Kier alpha value is -1.88. The average molecular weight is 231 g/mol. The lowest BCUT2D eigenvalue weighted by Gasteiger charge is -2.24. The van der Waals surface area contributed by atoms with Crippen LogP contribution in [-0.4, -0.2) is 16.1 Å². The third-order valence-corrected chi connectivity index (χ3v) is 3.38. The summed E-state index contributed by atoms with van der Waals surface area (Å²) < 4.78 is 1.63. The molecule has 0 amide bonds. The fourth-order valence-electron chi connectivity index (χ4n) is 2.56. The molecule has 1 aromatic heterocycles. The second kappa shape index (κ2) is 3.56. The van der Waals surface area contributed by atoms with E-state index in [2.05, 4.69) is 4.98 Å². The Balaban J connectivity index is 2.44. The number of para-hydroxylation sites is 1. The molecule has 88 valence electrons. The summed E-state index contributed by atoms with van der Waals surface area (Å²) in [5.41, 5.74) is 6.83. The molecule has 1 atom stereocenters. The van der Waals surface area contributed by atoms with Gasteiger partial charge in [0.2, 0.25) is 0 Å². The lowest BCUT2D eigenvalue weighted by molar-refractivity contribution is 0.430. The van der Waals surface area contributed by atoms with Gasteiger partial charge in [-0.1, -0.05) is 12.1 Å². The summed E-state index contributed by atoms with van der Waals surface area (Å²) in [6, 6.07) is 5.55. The van der Waals surface area contributed by atoms with Crippen molar-refractivity contribution in [2.75, 3.05) is 6.54 Å². The maximum Gasteiger partial charge on any atom is 0.328 e. The van der Waals surface area contributed by atoms with Crippen molar-refractivity contribution in [1.29, 1.82) is 0 Å². The van der Waals surface area contributed by atoms with Crippen molar-refractivity contribution < 1.29 is 0 Å². The summed E-state index contributed by atoms with van der Waals surface area (Å²) in [6.45, 7) is 1.13. The molecule has 1 aliphatic rings. The highest BCUT2D eigenvalue weighted by Crippen LogP contribution is 2.23. The number of benzene rings is 1. The summed E-state index contributed by atoms with van der Waals surface area (Å²) in [7, 11) is 0. The van der Waals surface area contributed by atoms with Crippen LogP contribution in [-0.2, 0) is 13.0 Å². The van der Waals surface area contributed by atoms with E-state index in [4.69, 9.17) is 5.73 Å². The highest BCUT2D eigenvalue weighted by molar-refractivity contribution is 5.81. The molecule has 1 aliphatic heterocycles. The maximum atomic E-state index is 11.8. The molecule has 0 radical (unpaired) electrons. The van der Waals surface area contributed by atoms with Crippen LogP contribution in [0.25, 0.3) is 10.9 Å². The zero-order chi connectivity index (χ0) is 12.0. The van der Waals surface area contributed by atoms with Crippen LogP contribution in [0.3, 0.4) is 0 Å². The Bertz CT molecular complexity index is 699. The van der Waals surface area contributed by atoms with E-state index in [0.29, 0.717) is 18.5 Å². The lowest BCUT2D eigenvalue weighted by Crippen LogP contribution is -2.37. The molecule has 5 nitrogen and oxygen atoms in total. The molecule has 0 spiro atoms. The van der Waals surface area contributed by atoms with Crippen molar-refractivity contribution in [3.63, 3.8) is 0 Å². The highest BCUT2D eigenvalue weighted by atomic mass is 16.2. The predicted molar refractivity (Wildman–Crippen MR) is 65.1 cm³/mol. The lowest BCUT2D eigenvalue weighted by atomic mass is 9.94. The van der Waals surface area contributed by atoms with Gasteiger partial charge in [0.05, 0.1) is 10.9 Å². The van der Waals surface area contributed by atoms with Crippen molar-refractivity contribution in [3.05, 3.63) is 44.6 Å². The number of nitrogens with one attached hydrogen (secondary N) is 1. The van der Waals surface area contributed by atoms with Gasteiger partial charge in [0.15, 0.2) is 0 Å². The summed E-state index contributed by atoms with van der Waals surface area (Å²) in [5.74, 6) is 0.261. The van der Waals surface area contributed by atoms with E-state index in [1.807, 2.05) is 12.1 Å². The van der Waals surface area contributed by atoms with Crippen molar-refractivity contribution in [3.8, 4) is 0 Å². The van der Waals surface area contributed by atoms with Crippen LogP contribution in [0.15, 0.2) is 27.8 Å². The molecular weight excluding hydrogens is 218 g/mol. The molecule has 1 unspecified atom stereocenters. The van der Waals surface area contributed by atoms with Gasteiger partial charge in [0, 0.05) is 6.54 Å². The topological polar surface area (TPSA) is 80.9 Å². The second-order valence-electron chi connectivity index (χ2n) is 4.49. The van der Waals surface area contributed by atoms with Gasteiger partial charge in [0.1, 0.15) is 0 Å². The number of hydrogen-bond acceptors (Lipinski definition) is 3. The monoisotopic (exact) mass is 231 g/mol. The molecule has 0 fully saturated rings. The van der Waals surface area contributed by atoms with Gasteiger partial charge < -0.3 is 5.73 Å². The molecule has 3 N–H and O–H groups in total. The number of rotatable bonds is 1. The largest absolute Gasteiger partial charge is 0.330 e. The first-order valence-electron chi connectivity index (χ1n) is 5.65. The molecule has 0 saturated carbocycles. The highest BCUT2D eigenvalue weighted by Gasteiger charge is 2.21. The molecular formula is C12H13N3O2. The number of H-pyrrole nitrogens is 1. The van der Waals surface area contributed by atoms with Crippen molar-refractivity contribution in [1.82, 2.24) is 9.55 Å². The van der Waals surface area contributed by atoms with Crippen LogP contribution in [0.5, 0.6) is 0 Å². The minimum atomic E-state index is -0.340. The van der Waals surface area contributed by atoms with Crippen LogP contribution in [0, 0.1) is 5.92 Å². The molecule has 2 aromatic rings. The average Bonchev–Trinajstić information content (AvgIpc) is 2.35. The SMILES string of the molecule is NCC1Cc2cccc3c(=O)[nH]c(=O)n(c23)C1. The summed E-state index contributed by atoms with van der Waals surface area (Å²) in [6.07, 6.45) is 0.830. The third-order valence-electron chi connectivity index (χ3n) is 3.38. The number of aromatic amines is 1. The molecule has 0 bridgehead atoms. The van der Waals surface area contributed by atoms with Gasteiger partial charge >= 0.3 is 5.69 Å². The standard InChI is InChI=1S/C12H13N3O2/c13-5-7-4-8-2-1-3-9-10(8)15(6-7)12(17)14-11(9)16/h1-3,7H,4-6,13H2,(H,14,16,17). The quantitative estimate of drug-likeness (QED) is 0.714. The molecule has 1 aromatic carbocycles. The number of aromatic nitrogens is 2. The number of nitrogens with zero attached hydrogens (tertiary/aromatic N) is 1. The zero-order valence-corrected chi connectivity index (χ0v) is 9.27. The van der Waals surface area contributed by atoms with Gasteiger partial charge in [0.25, 0.3) is 5.56 Å². The second-order valence-corrected chi connectivity index (χ2v) is 4.49. The van der Waals surface area contributed by atoms with Crippen LogP contribution >= 0.6 is 0 Å². The summed E-state index contributed by atoms with van der Waals surface area (Å²) in [5, 5.41) is 0.581. The molecule has 3 rings (SSSR count). The molecule has 0 saturated heterocycles. The first-order valence-corrected chi connectivity index (χ1v) is 5.65. The van der Waals surface area contributed by atoms with Crippen LogP contribution < -0.4 is 17.0 Å². The Labute approximate surface area is 96.9 Å². The van der Waals surface area contributed by atoms with Gasteiger partial charge in [-0.15, -0.1) is 0 Å². The van der Waals surface area contributed by atoms with E-state index in [-0.39, 0.29) is 17.2 Å². The zero-order valence-electron chi connectivity index (χ0n) is 9.27. The van der Waals surface area contributed by atoms with Crippen LogP contribution in [0.2, 0.25) is 0 Å². The maximum absolute atomic E-state index is 11.8. The first-order chi connectivity index (χ1) is 8.20. The van der Waals surface area contributed by atoms with Gasteiger partial charge in [-0.05, 0) is 30.5 Å². The number of nitrogens with two attached hydrogens (primary N) is 1. The van der Waals surface area contributed by atoms with Gasteiger partial charge in [-0.3, -0.25) is 14.3 Å². The first kappa shape index (κ1) is 10.3. The summed E-state index contributed by atoms with van der Waals surface area (Å²) >= 11 is 0. The van der Waals surface area contributed by atoms with E-state index >= 15 is 0 Å². The van der Waals surface area contributed by atoms with E-state index in [1.165, 1.54) is 0 Å². The fraction of sp³-hybridized carbons (Fsp3) is 0.333. The molecule has 17 heavy (non-hydrogen) atoms. The van der Waals surface area contributed by atoms with E-state index in [9.17, 15) is 9.59 Å². The smallest absolute Gasteiger partial charge is 0.328 e. The Morgan fingerprint density at radius 1 is 1.41 bits per heavy atom. The van der Waals surface area contributed by atoms with Crippen molar-refractivity contribution >= 4 is 10.9 Å². The number of hydrogen-bond donors (Lipinski definition) is 2. The summed E-state index contributed by atoms with van der Waals surface area (Å²) in [4.78, 5) is 25.9. The third kappa shape index (κ3) is 1.43. The molecule has 0 aliphatic carbocycles. The Kier molecular flexibility index (Phi) is 2.16. The van der Waals surface area contributed by atoms with Crippen LogP contribution in [0.1, 0.15) is 5.56 Å². The molecule has 5 heteroatoms. The fourth-order valence-corrected chi connectivity index (χ4v) is 2.56. The van der Waals surface area contributed by atoms with E-state index in [0.717, 1.165) is 17.5 Å². The van der Waals surface area contributed by atoms with Crippen molar-refractivity contribution in [2.24, 2.45) is 11.7 Å².